The normalized spacial score (nSPS) is 12.1. The van der Waals surface area contributed by atoms with E-state index in [9.17, 15) is 30.7 Å². The fourth-order valence-corrected chi connectivity index (χ4v) is 3.31. The molecule has 4 rings (SSSR count). The molecule has 3 aromatic carbocycles. The number of hydrogen-bond donors (Lipinski definition) is 0. The zero-order chi connectivity index (χ0) is 19.5. The van der Waals surface area contributed by atoms with Crippen LogP contribution in [-0.4, -0.2) is 7.28 Å². The van der Waals surface area contributed by atoms with E-state index >= 15 is 0 Å². The van der Waals surface area contributed by atoms with Crippen molar-refractivity contribution in [1.29, 1.82) is 0 Å². The molecule has 27 heavy (non-hydrogen) atoms. The Bertz CT molecular complexity index is 1110. The quantitative estimate of drug-likeness (QED) is 0.282. The fourth-order valence-electron chi connectivity index (χ4n) is 3.31. The number of halogens is 7. The van der Waals surface area contributed by atoms with Gasteiger partial charge in [0, 0.05) is 11.1 Å². The smallest absolute Gasteiger partial charge is 0.199 e. The van der Waals surface area contributed by atoms with E-state index in [1.54, 1.807) is 0 Å². The molecule has 1 aliphatic rings. The van der Waals surface area contributed by atoms with Crippen molar-refractivity contribution in [2.75, 3.05) is 0 Å². The Labute approximate surface area is 149 Å². The van der Waals surface area contributed by atoms with Crippen molar-refractivity contribution in [3.8, 4) is 11.1 Å². The van der Waals surface area contributed by atoms with Gasteiger partial charge in [-0.3, -0.25) is 0 Å². The van der Waals surface area contributed by atoms with Gasteiger partial charge in [0.15, 0.2) is 42.2 Å². The van der Waals surface area contributed by atoms with Crippen molar-refractivity contribution in [2.45, 2.75) is 6.42 Å². The molecule has 0 unspecified atom stereocenters. The first-order chi connectivity index (χ1) is 12.8. The maximum absolute atomic E-state index is 14.4. The van der Waals surface area contributed by atoms with Crippen LogP contribution in [0.5, 0.6) is 0 Å². The summed E-state index contributed by atoms with van der Waals surface area (Å²) in [6, 6.07) is 5.34. The Kier molecular flexibility index (Phi) is 4.01. The minimum atomic E-state index is -1.86. The van der Waals surface area contributed by atoms with Crippen LogP contribution in [0, 0.1) is 40.7 Å². The summed E-state index contributed by atoms with van der Waals surface area (Å²) in [5, 5.41) is 0. The molecule has 0 atom stereocenters. The molecule has 0 aliphatic heterocycles. The lowest BCUT2D eigenvalue weighted by Gasteiger charge is -2.13. The van der Waals surface area contributed by atoms with Crippen LogP contribution in [0.1, 0.15) is 11.1 Å². The molecule has 1 radical (unpaired) electrons. The molecule has 0 nitrogen and oxygen atoms in total. The third kappa shape index (κ3) is 2.54. The Hall–Kier alpha value is -2.77. The van der Waals surface area contributed by atoms with Gasteiger partial charge in [0.1, 0.15) is 5.82 Å². The lowest BCUT2D eigenvalue weighted by molar-refractivity contribution is 0.450. The Morgan fingerprint density at radius 2 is 1.37 bits per heavy atom. The minimum Gasteiger partial charge on any atom is -0.206 e. The van der Waals surface area contributed by atoms with Crippen molar-refractivity contribution in [3.63, 3.8) is 0 Å². The summed E-state index contributed by atoms with van der Waals surface area (Å²) >= 11 is 0. The highest BCUT2D eigenvalue weighted by Crippen LogP contribution is 2.40. The molecule has 0 N–H and O–H groups in total. The second-order valence-corrected chi connectivity index (χ2v) is 6.07. The molecule has 0 saturated carbocycles. The van der Waals surface area contributed by atoms with E-state index in [4.69, 9.17) is 0 Å². The average molecular weight is 379 g/mol. The Morgan fingerprint density at radius 1 is 0.630 bits per heavy atom. The molecule has 0 aromatic heterocycles. The van der Waals surface area contributed by atoms with Crippen LogP contribution in [0.25, 0.3) is 11.1 Å². The largest absolute Gasteiger partial charge is 0.206 e. The summed E-state index contributed by atoms with van der Waals surface area (Å²) in [5.74, 6) is -10.7. The van der Waals surface area contributed by atoms with Crippen LogP contribution in [0.2, 0.25) is 0 Å². The van der Waals surface area contributed by atoms with Crippen LogP contribution in [0.4, 0.5) is 30.7 Å². The second kappa shape index (κ2) is 6.15. The van der Waals surface area contributed by atoms with Gasteiger partial charge in [0.25, 0.3) is 0 Å². The van der Waals surface area contributed by atoms with E-state index in [0.29, 0.717) is 11.6 Å². The summed E-state index contributed by atoms with van der Waals surface area (Å²) in [7, 11) is 0.748. The number of benzene rings is 3. The second-order valence-electron chi connectivity index (χ2n) is 6.07. The molecule has 135 valence electrons. The van der Waals surface area contributed by atoms with Crippen LogP contribution in [0.15, 0.2) is 30.3 Å². The van der Waals surface area contributed by atoms with Gasteiger partial charge in [-0.05, 0) is 40.6 Å². The van der Waals surface area contributed by atoms with E-state index < -0.39 is 57.2 Å². The molecule has 3 aromatic rings. The predicted octanol–water partition coefficient (Wildman–Crippen LogP) is 3.89. The molecular weight excluding hydrogens is 372 g/mol. The highest BCUT2D eigenvalue weighted by Gasteiger charge is 2.33. The van der Waals surface area contributed by atoms with Crippen molar-refractivity contribution >= 4 is 18.2 Å². The first-order valence-electron chi connectivity index (χ1n) is 7.76. The first-order valence-corrected chi connectivity index (χ1v) is 7.76. The maximum Gasteiger partial charge on any atom is 0.199 e. The number of rotatable bonds is 2. The molecule has 0 saturated heterocycles. The van der Waals surface area contributed by atoms with E-state index in [-0.39, 0.29) is 17.5 Å². The van der Waals surface area contributed by atoms with E-state index in [1.807, 2.05) is 0 Å². The van der Waals surface area contributed by atoms with Gasteiger partial charge in [0.05, 0.1) is 0 Å². The monoisotopic (exact) mass is 379 g/mol. The summed E-state index contributed by atoms with van der Waals surface area (Å²) in [4.78, 5) is 0. The summed E-state index contributed by atoms with van der Waals surface area (Å²) in [6.45, 7) is 0. The van der Waals surface area contributed by atoms with E-state index in [0.717, 1.165) is 19.4 Å². The standard InChI is InChI=1S/C19H7BF7/c21-10-3-1-2-7-6-8-13(12(7)10)17(25)19(27)18(26)14(8)20-9-4-5-11(22)16(24)15(9)23/h1-5H,6H2. The Balaban J connectivity index is 1.94. The van der Waals surface area contributed by atoms with Gasteiger partial charge < -0.3 is 0 Å². The first kappa shape index (κ1) is 17.6. The molecule has 0 amide bonds. The van der Waals surface area contributed by atoms with Crippen LogP contribution in [-0.2, 0) is 6.42 Å². The van der Waals surface area contributed by atoms with Crippen LogP contribution >= 0.6 is 0 Å². The van der Waals surface area contributed by atoms with Gasteiger partial charge in [-0.15, -0.1) is 0 Å². The molecule has 0 bridgehead atoms. The van der Waals surface area contributed by atoms with Gasteiger partial charge >= 0.3 is 0 Å². The summed E-state index contributed by atoms with van der Waals surface area (Å²) in [5.41, 5.74) is -1.58. The lowest BCUT2D eigenvalue weighted by Crippen LogP contribution is -2.36. The van der Waals surface area contributed by atoms with Crippen molar-refractivity contribution < 1.29 is 30.7 Å². The molecular formula is C19H7BF7. The number of fused-ring (bicyclic) bond motifs is 3. The molecule has 8 heteroatoms. The topological polar surface area (TPSA) is 0 Å². The molecule has 0 spiro atoms. The van der Waals surface area contributed by atoms with Crippen molar-refractivity contribution in [2.24, 2.45) is 0 Å². The van der Waals surface area contributed by atoms with Crippen molar-refractivity contribution in [1.82, 2.24) is 0 Å². The van der Waals surface area contributed by atoms with Crippen molar-refractivity contribution in [3.05, 3.63) is 82.2 Å². The maximum atomic E-state index is 14.4. The third-order valence-corrected chi connectivity index (χ3v) is 4.55. The van der Waals surface area contributed by atoms with E-state index in [1.165, 1.54) is 12.1 Å². The Morgan fingerprint density at radius 3 is 2.11 bits per heavy atom. The zero-order valence-electron chi connectivity index (χ0n) is 13.3. The molecule has 0 heterocycles. The van der Waals surface area contributed by atoms with Gasteiger partial charge in [-0.1, -0.05) is 18.2 Å². The molecule has 0 fully saturated rings. The van der Waals surface area contributed by atoms with Gasteiger partial charge in [-0.2, -0.15) is 0 Å². The summed E-state index contributed by atoms with van der Waals surface area (Å²) in [6.07, 6.45) is -0.131. The molecule has 1 aliphatic carbocycles. The lowest BCUT2D eigenvalue weighted by atomic mass is 9.61. The highest BCUT2D eigenvalue weighted by atomic mass is 19.2. The zero-order valence-corrected chi connectivity index (χ0v) is 13.3. The average Bonchev–Trinajstić information content (AvgIpc) is 3.04. The predicted molar refractivity (Wildman–Crippen MR) is 85.9 cm³/mol. The SMILES string of the molecule is Fc1ccc([B]c2c(F)c(F)c(F)c3c2Cc2cccc(F)c2-3)c(F)c1F. The van der Waals surface area contributed by atoms with Crippen LogP contribution < -0.4 is 10.9 Å². The highest BCUT2D eigenvalue weighted by molar-refractivity contribution is 6.68. The van der Waals surface area contributed by atoms with Gasteiger partial charge in [0.2, 0.25) is 0 Å². The van der Waals surface area contributed by atoms with E-state index in [2.05, 4.69) is 0 Å². The van der Waals surface area contributed by atoms with Crippen LogP contribution in [0.3, 0.4) is 0 Å². The fraction of sp³-hybridized carbons (Fsp3) is 0.0526. The minimum absolute atomic E-state index is 0.101. The summed E-state index contributed by atoms with van der Waals surface area (Å²) < 4.78 is 97.5. The number of hydrogen-bond acceptors (Lipinski definition) is 0. The van der Waals surface area contributed by atoms with Gasteiger partial charge in [-0.25, -0.2) is 30.7 Å². The third-order valence-electron chi connectivity index (χ3n) is 4.55.